The van der Waals surface area contributed by atoms with Gasteiger partial charge in [-0.05, 0) is 55.7 Å². The second-order valence-electron chi connectivity index (χ2n) is 7.82. The van der Waals surface area contributed by atoms with Gasteiger partial charge in [0.15, 0.2) is 17.6 Å². The molecule has 0 bridgehead atoms. The summed E-state index contributed by atoms with van der Waals surface area (Å²) >= 11 is 0. The quantitative estimate of drug-likeness (QED) is 0.777. The SMILES string of the molecule is Cc1ccc(C)c(O[C@H](C)C(=O)N2CCN(Cc3ccc4c(c3)OCO4)CC2)c1. The van der Waals surface area contributed by atoms with Crippen LogP contribution in [0.25, 0.3) is 0 Å². The lowest BCUT2D eigenvalue weighted by Crippen LogP contribution is -2.51. The summed E-state index contributed by atoms with van der Waals surface area (Å²) in [5.41, 5.74) is 3.37. The Labute approximate surface area is 172 Å². The maximum absolute atomic E-state index is 12.8. The number of fused-ring (bicyclic) bond motifs is 1. The van der Waals surface area contributed by atoms with Crippen LogP contribution in [0.3, 0.4) is 0 Å². The van der Waals surface area contributed by atoms with Crippen molar-refractivity contribution < 1.29 is 19.0 Å². The molecular formula is C23H28N2O4. The highest BCUT2D eigenvalue weighted by Crippen LogP contribution is 2.32. The van der Waals surface area contributed by atoms with Gasteiger partial charge >= 0.3 is 0 Å². The van der Waals surface area contributed by atoms with Gasteiger partial charge in [0, 0.05) is 32.7 Å². The van der Waals surface area contributed by atoms with Crippen molar-refractivity contribution in [3.8, 4) is 17.2 Å². The van der Waals surface area contributed by atoms with E-state index in [4.69, 9.17) is 14.2 Å². The first kappa shape index (κ1) is 19.6. The highest BCUT2D eigenvalue weighted by molar-refractivity contribution is 5.81. The largest absolute Gasteiger partial charge is 0.481 e. The smallest absolute Gasteiger partial charge is 0.263 e. The number of amides is 1. The Morgan fingerprint density at radius 3 is 2.59 bits per heavy atom. The number of piperazine rings is 1. The molecule has 29 heavy (non-hydrogen) atoms. The first-order valence-corrected chi connectivity index (χ1v) is 10.1. The molecule has 2 aliphatic heterocycles. The second kappa shape index (κ2) is 8.33. The van der Waals surface area contributed by atoms with Gasteiger partial charge in [0.05, 0.1) is 0 Å². The molecule has 0 unspecified atom stereocenters. The number of carbonyl (C=O) groups is 1. The van der Waals surface area contributed by atoms with Crippen molar-refractivity contribution >= 4 is 5.91 Å². The van der Waals surface area contributed by atoms with E-state index in [-0.39, 0.29) is 5.91 Å². The molecular weight excluding hydrogens is 368 g/mol. The van der Waals surface area contributed by atoms with Crippen molar-refractivity contribution in [3.63, 3.8) is 0 Å². The fourth-order valence-corrected chi connectivity index (χ4v) is 3.76. The molecule has 2 aromatic carbocycles. The van der Waals surface area contributed by atoms with Crippen LogP contribution < -0.4 is 14.2 Å². The van der Waals surface area contributed by atoms with Crippen LogP contribution in [0, 0.1) is 13.8 Å². The number of rotatable bonds is 5. The van der Waals surface area contributed by atoms with Crippen molar-refractivity contribution in [2.24, 2.45) is 0 Å². The van der Waals surface area contributed by atoms with E-state index in [0.717, 1.165) is 48.0 Å². The van der Waals surface area contributed by atoms with Gasteiger partial charge in [-0.3, -0.25) is 9.69 Å². The van der Waals surface area contributed by atoms with Gasteiger partial charge in [-0.15, -0.1) is 0 Å². The molecule has 4 rings (SSSR count). The molecule has 0 radical (unpaired) electrons. The molecule has 0 spiro atoms. The lowest BCUT2D eigenvalue weighted by molar-refractivity contribution is -0.139. The van der Waals surface area contributed by atoms with E-state index in [9.17, 15) is 4.79 Å². The topological polar surface area (TPSA) is 51.2 Å². The number of benzene rings is 2. The molecule has 6 heteroatoms. The number of nitrogens with zero attached hydrogens (tertiary/aromatic N) is 2. The van der Waals surface area contributed by atoms with Crippen molar-refractivity contribution in [1.29, 1.82) is 0 Å². The molecule has 0 aromatic heterocycles. The first-order valence-electron chi connectivity index (χ1n) is 10.1. The number of aryl methyl sites for hydroxylation is 2. The maximum Gasteiger partial charge on any atom is 0.263 e. The number of ether oxygens (including phenoxy) is 3. The monoisotopic (exact) mass is 396 g/mol. The van der Waals surface area contributed by atoms with E-state index in [0.29, 0.717) is 19.9 Å². The first-order chi connectivity index (χ1) is 14.0. The fraction of sp³-hybridized carbons (Fsp3) is 0.435. The predicted octanol–water partition coefficient (Wildman–Crippen LogP) is 3.14. The molecule has 2 aromatic rings. The summed E-state index contributed by atoms with van der Waals surface area (Å²) in [6.45, 7) is 10.1. The summed E-state index contributed by atoms with van der Waals surface area (Å²) in [5.74, 6) is 2.46. The Morgan fingerprint density at radius 2 is 1.79 bits per heavy atom. The van der Waals surface area contributed by atoms with Gasteiger partial charge in [0.1, 0.15) is 5.75 Å². The molecule has 2 heterocycles. The summed E-state index contributed by atoms with van der Waals surface area (Å²) in [7, 11) is 0. The summed E-state index contributed by atoms with van der Waals surface area (Å²) < 4.78 is 16.8. The Balaban J connectivity index is 1.29. The minimum absolute atomic E-state index is 0.0497. The minimum atomic E-state index is -0.490. The summed E-state index contributed by atoms with van der Waals surface area (Å²) in [5, 5.41) is 0. The lowest BCUT2D eigenvalue weighted by atomic mass is 10.1. The molecule has 0 N–H and O–H groups in total. The van der Waals surface area contributed by atoms with Crippen LogP contribution in [0.5, 0.6) is 17.2 Å². The van der Waals surface area contributed by atoms with Crippen LogP contribution in [0.1, 0.15) is 23.6 Å². The predicted molar refractivity (Wildman–Crippen MR) is 110 cm³/mol. The van der Waals surface area contributed by atoms with Crippen molar-refractivity contribution in [3.05, 3.63) is 53.1 Å². The van der Waals surface area contributed by atoms with E-state index >= 15 is 0 Å². The van der Waals surface area contributed by atoms with Gasteiger partial charge in [-0.2, -0.15) is 0 Å². The number of hydrogen-bond donors (Lipinski definition) is 0. The zero-order valence-corrected chi connectivity index (χ0v) is 17.3. The van der Waals surface area contributed by atoms with E-state index in [2.05, 4.69) is 11.0 Å². The molecule has 1 fully saturated rings. The Morgan fingerprint density at radius 1 is 1.03 bits per heavy atom. The molecule has 154 valence electrons. The normalized spacial score (nSPS) is 17.3. The van der Waals surface area contributed by atoms with Crippen LogP contribution in [-0.4, -0.2) is 54.8 Å². The van der Waals surface area contributed by atoms with Gasteiger partial charge in [0.2, 0.25) is 6.79 Å². The van der Waals surface area contributed by atoms with Crippen LogP contribution in [0.2, 0.25) is 0 Å². The lowest BCUT2D eigenvalue weighted by Gasteiger charge is -2.36. The van der Waals surface area contributed by atoms with Gasteiger partial charge in [-0.25, -0.2) is 0 Å². The van der Waals surface area contributed by atoms with Crippen molar-refractivity contribution in [1.82, 2.24) is 9.80 Å². The standard InChI is InChI=1S/C23H28N2O4/c1-16-4-5-17(2)21(12-16)29-18(3)23(26)25-10-8-24(9-11-25)14-19-6-7-20-22(13-19)28-15-27-20/h4-7,12-13,18H,8-11,14-15H2,1-3H3/t18-/m1/s1. The molecule has 6 nitrogen and oxygen atoms in total. The molecule has 0 saturated carbocycles. The Bertz CT molecular complexity index is 890. The highest BCUT2D eigenvalue weighted by Gasteiger charge is 2.26. The van der Waals surface area contributed by atoms with Gasteiger partial charge in [0.25, 0.3) is 5.91 Å². The van der Waals surface area contributed by atoms with Crippen LogP contribution in [0.4, 0.5) is 0 Å². The van der Waals surface area contributed by atoms with Crippen LogP contribution in [-0.2, 0) is 11.3 Å². The van der Waals surface area contributed by atoms with E-state index in [1.54, 1.807) is 0 Å². The van der Waals surface area contributed by atoms with Crippen LogP contribution >= 0.6 is 0 Å². The minimum Gasteiger partial charge on any atom is -0.481 e. The molecule has 2 aliphatic rings. The van der Waals surface area contributed by atoms with E-state index in [1.165, 1.54) is 5.56 Å². The van der Waals surface area contributed by atoms with Gasteiger partial charge < -0.3 is 19.1 Å². The Hall–Kier alpha value is -2.73. The average Bonchev–Trinajstić information content (AvgIpc) is 3.18. The summed E-state index contributed by atoms with van der Waals surface area (Å²) in [4.78, 5) is 17.1. The third kappa shape index (κ3) is 4.48. The van der Waals surface area contributed by atoms with Crippen LogP contribution in [0.15, 0.2) is 36.4 Å². The fourth-order valence-electron chi connectivity index (χ4n) is 3.76. The van der Waals surface area contributed by atoms with E-state index < -0.39 is 6.10 Å². The van der Waals surface area contributed by atoms with Crippen molar-refractivity contribution in [2.45, 2.75) is 33.4 Å². The average molecular weight is 396 g/mol. The molecule has 1 atom stereocenters. The molecule has 0 aliphatic carbocycles. The zero-order chi connectivity index (χ0) is 20.4. The zero-order valence-electron chi connectivity index (χ0n) is 17.3. The summed E-state index contributed by atoms with van der Waals surface area (Å²) in [6, 6.07) is 12.1. The Kier molecular flexibility index (Phi) is 5.62. The highest BCUT2D eigenvalue weighted by atomic mass is 16.7. The second-order valence-corrected chi connectivity index (χ2v) is 7.82. The molecule has 1 saturated heterocycles. The maximum atomic E-state index is 12.8. The molecule has 1 amide bonds. The van der Waals surface area contributed by atoms with E-state index in [1.807, 2.05) is 56.0 Å². The van der Waals surface area contributed by atoms with Gasteiger partial charge in [-0.1, -0.05) is 18.2 Å². The van der Waals surface area contributed by atoms with Crippen molar-refractivity contribution in [2.75, 3.05) is 33.0 Å². The third-order valence-corrected chi connectivity index (χ3v) is 5.52. The summed E-state index contributed by atoms with van der Waals surface area (Å²) in [6.07, 6.45) is -0.490. The third-order valence-electron chi connectivity index (χ3n) is 5.52. The number of carbonyl (C=O) groups excluding carboxylic acids is 1. The number of hydrogen-bond acceptors (Lipinski definition) is 5.